The van der Waals surface area contributed by atoms with Gasteiger partial charge in [0.05, 0.1) is 24.1 Å². The van der Waals surface area contributed by atoms with Crippen LogP contribution in [0.25, 0.3) is 0 Å². The summed E-state index contributed by atoms with van der Waals surface area (Å²) >= 11 is 0. The van der Waals surface area contributed by atoms with Crippen LogP contribution >= 0.6 is 0 Å². The highest BCUT2D eigenvalue weighted by Gasteiger charge is 1.98. The van der Waals surface area contributed by atoms with Gasteiger partial charge in [-0.15, -0.1) is 0 Å². The van der Waals surface area contributed by atoms with Gasteiger partial charge >= 0.3 is 0 Å². The van der Waals surface area contributed by atoms with Gasteiger partial charge in [-0.1, -0.05) is 13.0 Å². The van der Waals surface area contributed by atoms with Crippen LogP contribution < -0.4 is 5.73 Å². The van der Waals surface area contributed by atoms with E-state index in [4.69, 9.17) is 5.73 Å². The van der Waals surface area contributed by atoms with Crippen LogP contribution in [0, 0.1) is 0 Å². The first kappa shape index (κ1) is 9.71. The van der Waals surface area contributed by atoms with E-state index in [0.29, 0.717) is 12.2 Å². The number of nitrogen functional groups attached to an aromatic ring is 1. The summed E-state index contributed by atoms with van der Waals surface area (Å²) in [4.78, 5) is 4.35. The lowest BCUT2D eigenvalue weighted by molar-refractivity contribution is 0.672. The van der Waals surface area contributed by atoms with E-state index in [9.17, 15) is 0 Å². The van der Waals surface area contributed by atoms with E-state index in [-0.39, 0.29) is 0 Å². The van der Waals surface area contributed by atoms with Gasteiger partial charge in [-0.05, 0) is 18.1 Å². The lowest BCUT2D eigenvalue weighted by Crippen LogP contribution is -2.02. The zero-order valence-electron chi connectivity index (χ0n) is 8.72. The molecule has 2 aromatic rings. The van der Waals surface area contributed by atoms with Crippen molar-refractivity contribution in [2.75, 3.05) is 5.73 Å². The van der Waals surface area contributed by atoms with Crippen molar-refractivity contribution in [2.45, 2.75) is 19.9 Å². The predicted octanol–water partition coefficient (Wildman–Crippen LogP) is 1.47. The van der Waals surface area contributed by atoms with Gasteiger partial charge in [-0.25, -0.2) is 0 Å². The molecule has 0 aliphatic carbocycles. The normalized spacial score (nSPS) is 10.5. The second-order valence-electron chi connectivity index (χ2n) is 3.48. The average Bonchev–Trinajstić information content (AvgIpc) is 2.65. The molecule has 0 unspecified atom stereocenters. The Hall–Kier alpha value is -1.84. The number of aromatic nitrogens is 3. The third-order valence-electron chi connectivity index (χ3n) is 2.27. The largest absolute Gasteiger partial charge is 0.396 e. The molecule has 15 heavy (non-hydrogen) atoms. The molecule has 0 spiro atoms. The molecule has 0 aliphatic rings. The zero-order chi connectivity index (χ0) is 10.7. The van der Waals surface area contributed by atoms with Crippen molar-refractivity contribution in [2.24, 2.45) is 0 Å². The summed E-state index contributed by atoms with van der Waals surface area (Å²) in [6.45, 7) is 2.78. The number of nitrogens with two attached hydrogens (primary N) is 1. The van der Waals surface area contributed by atoms with Crippen LogP contribution in [0.1, 0.15) is 18.2 Å². The molecule has 0 amide bonds. The van der Waals surface area contributed by atoms with E-state index in [2.05, 4.69) is 23.1 Å². The van der Waals surface area contributed by atoms with E-state index in [1.54, 1.807) is 17.1 Å². The molecule has 2 N–H and O–H groups in total. The molecule has 0 saturated carbocycles. The second-order valence-corrected chi connectivity index (χ2v) is 3.48. The Balaban J connectivity index is 2.11. The van der Waals surface area contributed by atoms with Crippen molar-refractivity contribution >= 4 is 5.69 Å². The first-order chi connectivity index (χ1) is 7.28. The van der Waals surface area contributed by atoms with Crippen LogP contribution in [-0.4, -0.2) is 14.8 Å². The molecule has 0 saturated heterocycles. The molecule has 4 nitrogen and oxygen atoms in total. The number of hydrogen-bond acceptors (Lipinski definition) is 3. The molecule has 2 aromatic heterocycles. The van der Waals surface area contributed by atoms with Gasteiger partial charge in [0.25, 0.3) is 0 Å². The van der Waals surface area contributed by atoms with E-state index < -0.39 is 0 Å². The van der Waals surface area contributed by atoms with Crippen LogP contribution in [-0.2, 0) is 13.0 Å². The van der Waals surface area contributed by atoms with Crippen molar-refractivity contribution in [3.63, 3.8) is 0 Å². The Kier molecular flexibility index (Phi) is 2.67. The molecular formula is C11H14N4. The quantitative estimate of drug-likeness (QED) is 0.820. The van der Waals surface area contributed by atoms with Gasteiger partial charge in [0, 0.05) is 12.4 Å². The van der Waals surface area contributed by atoms with Crippen LogP contribution in [0.2, 0.25) is 0 Å². The summed E-state index contributed by atoms with van der Waals surface area (Å²) in [5, 5.41) is 4.11. The van der Waals surface area contributed by atoms with E-state index >= 15 is 0 Å². The van der Waals surface area contributed by atoms with Crippen molar-refractivity contribution in [3.8, 4) is 0 Å². The fourth-order valence-electron chi connectivity index (χ4n) is 1.39. The van der Waals surface area contributed by atoms with Crippen LogP contribution in [0.3, 0.4) is 0 Å². The van der Waals surface area contributed by atoms with E-state index in [0.717, 1.165) is 12.1 Å². The van der Waals surface area contributed by atoms with Crippen LogP contribution in [0.15, 0.2) is 30.7 Å². The molecule has 0 aliphatic heterocycles. The number of hydrogen-bond donors (Lipinski definition) is 1. The molecule has 2 heterocycles. The summed E-state index contributed by atoms with van der Waals surface area (Å²) in [7, 11) is 0. The van der Waals surface area contributed by atoms with Gasteiger partial charge < -0.3 is 5.73 Å². The van der Waals surface area contributed by atoms with Crippen molar-refractivity contribution in [1.29, 1.82) is 0 Å². The number of rotatable bonds is 3. The smallest absolute Gasteiger partial charge is 0.0832 e. The van der Waals surface area contributed by atoms with Gasteiger partial charge in [0.2, 0.25) is 0 Å². The van der Waals surface area contributed by atoms with Gasteiger partial charge in [0.1, 0.15) is 0 Å². The first-order valence-corrected chi connectivity index (χ1v) is 4.99. The Bertz CT molecular complexity index is 430. The number of anilines is 1. The maximum atomic E-state index is 5.57. The van der Waals surface area contributed by atoms with Crippen molar-refractivity contribution < 1.29 is 0 Å². The lowest BCUT2D eigenvalue weighted by Gasteiger charge is -2.01. The minimum Gasteiger partial charge on any atom is -0.396 e. The molecule has 2 rings (SSSR count). The maximum Gasteiger partial charge on any atom is 0.0832 e. The standard InChI is InChI=1S/C11H14N4/c1-2-9-3-4-11(13-5-9)8-15-7-10(12)6-14-15/h3-7H,2,8,12H2,1H3. The van der Waals surface area contributed by atoms with Gasteiger partial charge in [0.15, 0.2) is 0 Å². The highest BCUT2D eigenvalue weighted by atomic mass is 15.3. The first-order valence-electron chi connectivity index (χ1n) is 4.99. The lowest BCUT2D eigenvalue weighted by atomic mass is 10.2. The minimum atomic E-state index is 0.668. The van der Waals surface area contributed by atoms with E-state index in [1.807, 2.05) is 12.3 Å². The summed E-state index contributed by atoms with van der Waals surface area (Å²) in [5.41, 5.74) is 8.50. The molecule has 78 valence electrons. The van der Waals surface area contributed by atoms with Crippen molar-refractivity contribution in [1.82, 2.24) is 14.8 Å². The number of aryl methyl sites for hydroxylation is 1. The van der Waals surface area contributed by atoms with Crippen LogP contribution in [0.5, 0.6) is 0 Å². The van der Waals surface area contributed by atoms with Crippen LogP contribution in [0.4, 0.5) is 5.69 Å². The average molecular weight is 202 g/mol. The third-order valence-corrected chi connectivity index (χ3v) is 2.27. The SMILES string of the molecule is CCc1ccc(Cn2cc(N)cn2)nc1. The minimum absolute atomic E-state index is 0.668. The predicted molar refractivity (Wildman–Crippen MR) is 59.4 cm³/mol. The molecule has 4 heteroatoms. The maximum absolute atomic E-state index is 5.57. The molecule has 0 fully saturated rings. The second kappa shape index (κ2) is 4.13. The summed E-state index contributed by atoms with van der Waals surface area (Å²) in [6.07, 6.45) is 6.36. The third kappa shape index (κ3) is 2.34. The summed E-state index contributed by atoms with van der Waals surface area (Å²) < 4.78 is 1.78. The Morgan fingerprint density at radius 3 is 2.73 bits per heavy atom. The van der Waals surface area contributed by atoms with E-state index in [1.165, 1.54) is 5.56 Å². The Morgan fingerprint density at radius 1 is 1.33 bits per heavy atom. The molecular weight excluding hydrogens is 188 g/mol. The highest BCUT2D eigenvalue weighted by molar-refractivity contribution is 5.30. The van der Waals surface area contributed by atoms with Gasteiger partial charge in [-0.3, -0.25) is 9.67 Å². The number of pyridine rings is 1. The fourth-order valence-corrected chi connectivity index (χ4v) is 1.39. The molecule has 0 atom stereocenters. The number of nitrogens with zero attached hydrogens (tertiary/aromatic N) is 3. The zero-order valence-corrected chi connectivity index (χ0v) is 8.72. The Labute approximate surface area is 88.8 Å². The summed E-state index contributed by atoms with van der Waals surface area (Å²) in [6, 6.07) is 4.12. The topological polar surface area (TPSA) is 56.7 Å². The Morgan fingerprint density at radius 2 is 2.20 bits per heavy atom. The fraction of sp³-hybridized carbons (Fsp3) is 0.273. The van der Waals surface area contributed by atoms with Gasteiger partial charge in [-0.2, -0.15) is 5.10 Å². The van der Waals surface area contributed by atoms with Crippen molar-refractivity contribution in [3.05, 3.63) is 42.0 Å². The monoisotopic (exact) mass is 202 g/mol. The molecule has 0 bridgehead atoms. The highest BCUT2D eigenvalue weighted by Crippen LogP contribution is 2.04. The molecule has 0 radical (unpaired) electrons. The summed E-state index contributed by atoms with van der Waals surface area (Å²) in [5.74, 6) is 0. The molecule has 0 aromatic carbocycles.